The second kappa shape index (κ2) is 8.22. The quantitative estimate of drug-likeness (QED) is 0.594. The van der Waals surface area contributed by atoms with E-state index in [0.29, 0.717) is 15.6 Å². The van der Waals surface area contributed by atoms with Gasteiger partial charge in [-0.25, -0.2) is 13.2 Å². The number of thiophene rings is 2. The van der Waals surface area contributed by atoms with E-state index in [9.17, 15) is 13.2 Å². The van der Waals surface area contributed by atoms with Crippen LogP contribution in [0.25, 0.3) is 0 Å². The van der Waals surface area contributed by atoms with Gasteiger partial charge in [0.25, 0.3) is 0 Å². The van der Waals surface area contributed by atoms with Crippen LogP contribution in [-0.2, 0) is 9.84 Å². The van der Waals surface area contributed by atoms with E-state index in [4.69, 9.17) is 11.6 Å². The minimum absolute atomic E-state index is 0.0276. The molecule has 5 nitrogen and oxygen atoms in total. The largest absolute Gasteiger partial charge is 0.336 e. The van der Waals surface area contributed by atoms with Crippen LogP contribution < -0.4 is 10.6 Å². The second-order valence-electron chi connectivity index (χ2n) is 5.32. The van der Waals surface area contributed by atoms with Crippen LogP contribution in [0.5, 0.6) is 0 Å². The number of hydrogen-bond donors (Lipinski definition) is 2. The number of rotatable bonds is 6. The predicted octanol–water partition coefficient (Wildman–Crippen LogP) is 4.80. The molecule has 26 heavy (non-hydrogen) atoms. The van der Waals surface area contributed by atoms with Crippen LogP contribution in [0, 0.1) is 0 Å². The van der Waals surface area contributed by atoms with Gasteiger partial charge >= 0.3 is 6.03 Å². The van der Waals surface area contributed by atoms with Gasteiger partial charge in [-0.1, -0.05) is 23.7 Å². The van der Waals surface area contributed by atoms with Gasteiger partial charge in [0.1, 0.15) is 9.46 Å². The summed E-state index contributed by atoms with van der Waals surface area (Å²) in [5.41, 5.74) is 0.570. The number of anilines is 1. The summed E-state index contributed by atoms with van der Waals surface area (Å²) in [6.45, 7) is -0.0276. The topological polar surface area (TPSA) is 75.3 Å². The van der Waals surface area contributed by atoms with Gasteiger partial charge in [-0.3, -0.25) is 0 Å². The maximum atomic E-state index is 12.9. The molecular formula is C17H15ClN2O3S3. The molecule has 0 bridgehead atoms. The third kappa shape index (κ3) is 4.45. The van der Waals surface area contributed by atoms with Crippen molar-refractivity contribution in [2.75, 3.05) is 11.9 Å². The third-order valence-electron chi connectivity index (χ3n) is 3.56. The monoisotopic (exact) mass is 426 g/mol. The average Bonchev–Trinajstić information content (AvgIpc) is 3.30. The second-order valence-corrected chi connectivity index (χ2v) is 10.0. The number of carbonyl (C=O) groups is 1. The van der Waals surface area contributed by atoms with Gasteiger partial charge < -0.3 is 10.6 Å². The molecule has 9 heteroatoms. The van der Waals surface area contributed by atoms with Gasteiger partial charge in [-0.2, -0.15) is 0 Å². The molecule has 3 rings (SSSR count). The molecular weight excluding hydrogens is 412 g/mol. The van der Waals surface area contributed by atoms with E-state index in [-0.39, 0.29) is 10.8 Å². The Balaban J connectivity index is 1.73. The zero-order valence-electron chi connectivity index (χ0n) is 13.4. The van der Waals surface area contributed by atoms with E-state index < -0.39 is 21.1 Å². The summed E-state index contributed by atoms with van der Waals surface area (Å²) in [6.07, 6.45) is 0. The summed E-state index contributed by atoms with van der Waals surface area (Å²) < 4.78 is 26.1. The van der Waals surface area contributed by atoms with Gasteiger partial charge in [0.2, 0.25) is 0 Å². The van der Waals surface area contributed by atoms with Crippen LogP contribution in [0.3, 0.4) is 0 Å². The number of amides is 2. The van der Waals surface area contributed by atoms with Crippen molar-refractivity contribution in [3.8, 4) is 0 Å². The summed E-state index contributed by atoms with van der Waals surface area (Å²) in [5, 5.41) is 8.58. The zero-order valence-corrected chi connectivity index (χ0v) is 16.6. The summed E-state index contributed by atoms with van der Waals surface area (Å²) in [7, 11) is -3.59. The van der Waals surface area contributed by atoms with Crippen molar-refractivity contribution >= 4 is 55.8 Å². The van der Waals surface area contributed by atoms with Crippen LogP contribution in [0.4, 0.5) is 10.5 Å². The van der Waals surface area contributed by atoms with E-state index in [0.717, 1.165) is 0 Å². The van der Waals surface area contributed by atoms with Gasteiger partial charge in [0.15, 0.2) is 9.84 Å². The standard InChI is InChI=1S/C17H15ClN2O3S3/c18-12-5-7-13(8-6-12)20-17(21)19-11-15(14-3-1-9-24-14)26(22,23)16-4-2-10-25-16/h1-10,15H,11H2,(H2,19,20,21). The molecule has 0 aliphatic rings. The smallest absolute Gasteiger partial charge is 0.319 e. The normalized spacial score (nSPS) is 12.5. The van der Waals surface area contributed by atoms with Crippen molar-refractivity contribution in [2.45, 2.75) is 9.46 Å². The van der Waals surface area contributed by atoms with Crippen molar-refractivity contribution in [3.63, 3.8) is 0 Å². The summed E-state index contributed by atoms with van der Waals surface area (Å²) in [6, 6.07) is 13.0. The first kappa shape index (κ1) is 18.9. The van der Waals surface area contributed by atoms with Gasteiger partial charge in [-0.05, 0) is 47.2 Å². The Kier molecular flexibility index (Phi) is 5.98. The molecule has 0 saturated heterocycles. The van der Waals surface area contributed by atoms with E-state index in [2.05, 4.69) is 10.6 Å². The molecule has 3 aromatic rings. The number of benzene rings is 1. The number of halogens is 1. The molecule has 0 aliphatic heterocycles. The Labute approximate surface area is 164 Å². The molecule has 0 saturated carbocycles. The first-order chi connectivity index (χ1) is 12.5. The fourth-order valence-electron chi connectivity index (χ4n) is 2.30. The number of hydrogen-bond acceptors (Lipinski definition) is 5. The highest BCUT2D eigenvalue weighted by Crippen LogP contribution is 2.33. The highest BCUT2D eigenvalue weighted by Gasteiger charge is 2.31. The minimum atomic E-state index is -3.59. The average molecular weight is 427 g/mol. The summed E-state index contributed by atoms with van der Waals surface area (Å²) >= 11 is 8.34. The molecule has 136 valence electrons. The molecule has 2 aromatic heterocycles. The van der Waals surface area contributed by atoms with Crippen molar-refractivity contribution in [2.24, 2.45) is 0 Å². The van der Waals surface area contributed by atoms with Crippen molar-refractivity contribution in [1.29, 1.82) is 0 Å². The van der Waals surface area contributed by atoms with Gasteiger partial charge in [-0.15, -0.1) is 22.7 Å². The maximum Gasteiger partial charge on any atom is 0.319 e. The molecule has 0 spiro atoms. The van der Waals surface area contributed by atoms with Gasteiger partial charge in [0, 0.05) is 22.1 Å². The molecule has 2 N–H and O–H groups in total. The van der Waals surface area contributed by atoms with E-state index >= 15 is 0 Å². The summed E-state index contributed by atoms with van der Waals surface area (Å²) in [5.74, 6) is 0. The predicted molar refractivity (Wildman–Crippen MR) is 107 cm³/mol. The highest BCUT2D eigenvalue weighted by molar-refractivity contribution is 7.93. The number of urea groups is 1. The van der Waals surface area contributed by atoms with Crippen LogP contribution in [-0.4, -0.2) is 21.0 Å². The van der Waals surface area contributed by atoms with E-state index in [1.807, 2.05) is 5.38 Å². The Bertz CT molecular complexity index is 953. The summed E-state index contributed by atoms with van der Waals surface area (Å²) in [4.78, 5) is 12.8. The maximum absolute atomic E-state index is 12.9. The first-order valence-corrected chi connectivity index (χ1v) is 11.3. The lowest BCUT2D eigenvalue weighted by atomic mass is 10.3. The molecule has 2 amide bonds. The fourth-order valence-corrected chi connectivity index (χ4v) is 6.41. The first-order valence-electron chi connectivity index (χ1n) is 7.58. The van der Waals surface area contributed by atoms with Crippen LogP contribution >= 0.6 is 34.3 Å². The van der Waals surface area contributed by atoms with Crippen LogP contribution in [0.15, 0.2) is 63.5 Å². The Hall–Kier alpha value is -1.87. The molecule has 1 atom stereocenters. The lowest BCUT2D eigenvalue weighted by Crippen LogP contribution is -2.34. The zero-order chi connectivity index (χ0) is 18.6. The highest BCUT2D eigenvalue weighted by atomic mass is 35.5. The number of sulfone groups is 1. The van der Waals surface area contributed by atoms with Crippen molar-refractivity contribution < 1.29 is 13.2 Å². The van der Waals surface area contributed by atoms with Crippen molar-refractivity contribution in [3.05, 3.63) is 69.2 Å². The van der Waals surface area contributed by atoms with E-state index in [1.54, 1.807) is 53.9 Å². The lowest BCUT2D eigenvalue weighted by Gasteiger charge is -2.16. The lowest BCUT2D eigenvalue weighted by molar-refractivity contribution is 0.252. The number of carbonyl (C=O) groups excluding carboxylic acids is 1. The van der Waals surface area contributed by atoms with Gasteiger partial charge in [0.05, 0.1) is 0 Å². The van der Waals surface area contributed by atoms with E-state index in [1.165, 1.54) is 22.7 Å². The fraction of sp³-hybridized carbons (Fsp3) is 0.118. The van der Waals surface area contributed by atoms with Crippen LogP contribution in [0.2, 0.25) is 5.02 Å². The molecule has 2 heterocycles. The molecule has 0 aliphatic carbocycles. The third-order valence-corrected chi connectivity index (χ3v) is 8.46. The minimum Gasteiger partial charge on any atom is -0.336 e. The Morgan fingerprint density at radius 3 is 2.35 bits per heavy atom. The Morgan fingerprint density at radius 2 is 1.73 bits per heavy atom. The SMILES string of the molecule is O=C(NCC(c1cccs1)S(=O)(=O)c1cccs1)Nc1ccc(Cl)cc1. The molecule has 1 aromatic carbocycles. The molecule has 0 radical (unpaired) electrons. The van der Waals surface area contributed by atoms with Crippen molar-refractivity contribution in [1.82, 2.24) is 5.32 Å². The Morgan fingerprint density at radius 1 is 1.04 bits per heavy atom. The number of nitrogens with one attached hydrogen (secondary N) is 2. The molecule has 0 fully saturated rings. The molecule has 1 unspecified atom stereocenters. The van der Waals surface area contributed by atoms with Crippen LogP contribution in [0.1, 0.15) is 10.1 Å².